The highest BCUT2D eigenvalue weighted by molar-refractivity contribution is 7.14. The fraction of sp³-hybridized carbons (Fsp3) is 0.0667. The Kier molecular flexibility index (Phi) is 3.80. The second-order valence-electron chi connectivity index (χ2n) is 4.40. The minimum atomic E-state index is -0.580. The van der Waals surface area contributed by atoms with E-state index in [0.29, 0.717) is 10.7 Å². The van der Waals surface area contributed by atoms with Crippen molar-refractivity contribution in [1.82, 2.24) is 14.6 Å². The van der Waals surface area contributed by atoms with Gasteiger partial charge in [0.1, 0.15) is 11.2 Å². The van der Waals surface area contributed by atoms with Gasteiger partial charge in [0.25, 0.3) is 0 Å². The van der Waals surface area contributed by atoms with E-state index in [9.17, 15) is 9.59 Å². The van der Waals surface area contributed by atoms with E-state index >= 15 is 0 Å². The molecule has 3 rings (SSSR count). The Labute approximate surface area is 129 Å². The van der Waals surface area contributed by atoms with E-state index < -0.39 is 11.5 Å². The van der Waals surface area contributed by atoms with Gasteiger partial charge in [0.2, 0.25) is 10.7 Å². The number of esters is 1. The molecule has 110 valence electrons. The first-order valence-electron chi connectivity index (χ1n) is 6.43. The average Bonchev–Trinajstić information content (AvgIpc) is 2.98. The number of ether oxygens (including phenoxy) is 1. The fourth-order valence-electron chi connectivity index (χ4n) is 1.88. The summed E-state index contributed by atoms with van der Waals surface area (Å²) in [5.41, 5.74) is 2.25. The molecule has 2 heterocycles. The molecule has 1 aromatic carbocycles. The standard InChI is InChI=1S/C15H11N3O3S/c1-10(19)21-13-12(8-7-11-5-3-2-4-6-11)17-15-18(14(13)20)16-9-22-15/h2-9H,1H3. The summed E-state index contributed by atoms with van der Waals surface area (Å²) in [6.45, 7) is 1.24. The van der Waals surface area contributed by atoms with E-state index in [1.54, 1.807) is 12.2 Å². The van der Waals surface area contributed by atoms with Crippen molar-refractivity contribution in [2.75, 3.05) is 0 Å². The molecule has 0 saturated heterocycles. The first-order chi connectivity index (χ1) is 10.6. The van der Waals surface area contributed by atoms with Gasteiger partial charge in [-0.15, -0.1) is 0 Å². The minimum Gasteiger partial charge on any atom is -0.418 e. The van der Waals surface area contributed by atoms with Gasteiger partial charge in [0.15, 0.2) is 0 Å². The van der Waals surface area contributed by atoms with Crippen LogP contribution in [0.25, 0.3) is 17.1 Å². The Bertz CT molecular complexity index is 913. The Morgan fingerprint density at radius 2 is 2.05 bits per heavy atom. The highest BCUT2D eigenvalue weighted by Crippen LogP contribution is 2.17. The van der Waals surface area contributed by atoms with Crippen LogP contribution in [0.5, 0.6) is 5.75 Å². The smallest absolute Gasteiger partial charge is 0.318 e. The number of hydrogen-bond donors (Lipinski definition) is 0. The zero-order valence-corrected chi connectivity index (χ0v) is 12.4. The van der Waals surface area contributed by atoms with Crippen molar-refractivity contribution in [3.05, 3.63) is 57.5 Å². The third kappa shape index (κ3) is 2.79. The van der Waals surface area contributed by atoms with Gasteiger partial charge in [-0.25, -0.2) is 4.98 Å². The molecule has 0 aliphatic carbocycles. The summed E-state index contributed by atoms with van der Waals surface area (Å²) in [4.78, 5) is 28.3. The van der Waals surface area contributed by atoms with Crippen molar-refractivity contribution in [2.24, 2.45) is 0 Å². The predicted molar refractivity (Wildman–Crippen MR) is 83.8 cm³/mol. The Morgan fingerprint density at radius 1 is 1.27 bits per heavy atom. The molecule has 0 spiro atoms. The summed E-state index contributed by atoms with van der Waals surface area (Å²) in [7, 11) is 0. The molecule has 6 nitrogen and oxygen atoms in total. The highest BCUT2D eigenvalue weighted by Gasteiger charge is 2.15. The van der Waals surface area contributed by atoms with Crippen molar-refractivity contribution in [3.8, 4) is 5.75 Å². The highest BCUT2D eigenvalue weighted by atomic mass is 32.1. The summed E-state index contributed by atoms with van der Waals surface area (Å²) in [6, 6.07) is 9.55. The van der Waals surface area contributed by atoms with E-state index in [-0.39, 0.29) is 5.75 Å². The number of aromatic nitrogens is 3. The lowest BCUT2D eigenvalue weighted by molar-refractivity contribution is -0.132. The van der Waals surface area contributed by atoms with Gasteiger partial charge in [-0.2, -0.15) is 9.61 Å². The SMILES string of the molecule is CC(=O)Oc1c(C=Cc2ccccc2)nc2scnn2c1=O. The van der Waals surface area contributed by atoms with Gasteiger partial charge in [0.05, 0.1) is 0 Å². The molecule has 0 atom stereocenters. The van der Waals surface area contributed by atoms with E-state index in [0.717, 1.165) is 10.1 Å². The second kappa shape index (κ2) is 5.90. The summed E-state index contributed by atoms with van der Waals surface area (Å²) in [5.74, 6) is -0.702. The van der Waals surface area contributed by atoms with E-state index in [1.807, 2.05) is 30.3 Å². The molecule has 2 aromatic heterocycles. The Hall–Kier alpha value is -2.80. The van der Waals surface area contributed by atoms with Crippen molar-refractivity contribution in [2.45, 2.75) is 6.92 Å². The number of rotatable bonds is 3. The normalized spacial score (nSPS) is 11.1. The lowest BCUT2D eigenvalue weighted by atomic mass is 10.2. The zero-order chi connectivity index (χ0) is 15.5. The fourth-order valence-corrected chi connectivity index (χ4v) is 2.50. The van der Waals surface area contributed by atoms with Crippen LogP contribution >= 0.6 is 11.3 Å². The first-order valence-corrected chi connectivity index (χ1v) is 7.31. The predicted octanol–water partition coefficient (Wildman–Crippen LogP) is 2.25. The number of benzene rings is 1. The molecule has 7 heteroatoms. The number of carbonyl (C=O) groups excluding carboxylic acids is 1. The zero-order valence-electron chi connectivity index (χ0n) is 11.6. The minimum absolute atomic E-state index is 0.122. The topological polar surface area (TPSA) is 73.6 Å². The quantitative estimate of drug-likeness (QED) is 0.693. The summed E-state index contributed by atoms with van der Waals surface area (Å²) >= 11 is 1.23. The summed E-state index contributed by atoms with van der Waals surface area (Å²) in [6.07, 6.45) is 3.45. The van der Waals surface area contributed by atoms with E-state index in [4.69, 9.17) is 4.74 Å². The maximum Gasteiger partial charge on any atom is 0.318 e. The van der Waals surface area contributed by atoms with Crippen LogP contribution in [0.4, 0.5) is 0 Å². The van der Waals surface area contributed by atoms with Crippen LogP contribution in [0.2, 0.25) is 0 Å². The van der Waals surface area contributed by atoms with Crippen molar-refractivity contribution in [3.63, 3.8) is 0 Å². The average molecular weight is 313 g/mol. The molecular weight excluding hydrogens is 302 g/mol. The van der Waals surface area contributed by atoms with Gasteiger partial charge in [-0.3, -0.25) is 9.59 Å². The van der Waals surface area contributed by atoms with Crippen LogP contribution in [0.15, 0.2) is 40.6 Å². The van der Waals surface area contributed by atoms with E-state index in [2.05, 4.69) is 10.1 Å². The summed E-state index contributed by atoms with van der Waals surface area (Å²) < 4.78 is 6.13. The van der Waals surface area contributed by atoms with Gasteiger partial charge in [-0.05, 0) is 11.6 Å². The van der Waals surface area contributed by atoms with Crippen LogP contribution in [0.1, 0.15) is 18.2 Å². The van der Waals surface area contributed by atoms with Crippen LogP contribution in [-0.2, 0) is 4.79 Å². The first kappa shape index (κ1) is 14.2. The molecule has 0 amide bonds. The third-order valence-corrected chi connectivity index (χ3v) is 3.49. The molecule has 0 unspecified atom stereocenters. The molecular formula is C15H11N3O3S. The number of carbonyl (C=O) groups is 1. The van der Waals surface area contributed by atoms with Crippen LogP contribution in [0, 0.1) is 0 Å². The molecule has 22 heavy (non-hydrogen) atoms. The molecule has 3 aromatic rings. The lowest BCUT2D eigenvalue weighted by Gasteiger charge is -2.04. The molecule has 0 aliphatic rings. The monoisotopic (exact) mass is 313 g/mol. The summed E-state index contributed by atoms with van der Waals surface area (Å²) in [5, 5.41) is 3.89. The molecule has 0 fully saturated rings. The maximum absolute atomic E-state index is 12.3. The van der Waals surface area contributed by atoms with Crippen molar-refractivity contribution < 1.29 is 9.53 Å². The van der Waals surface area contributed by atoms with E-state index in [1.165, 1.54) is 23.8 Å². The molecule has 0 N–H and O–H groups in total. The molecule has 0 aliphatic heterocycles. The van der Waals surface area contributed by atoms with Gasteiger partial charge < -0.3 is 4.74 Å². The van der Waals surface area contributed by atoms with Crippen molar-refractivity contribution in [1.29, 1.82) is 0 Å². The van der Waals surface area contributed by atoms with Crippen molar-refractivity contribution >= 4 is 34.4 Å². The van der Waals surface area contributed by atoms with Crippen LogP contribution in [-0.4, -0.2) is 20.6 Å². The van der Waals surface area contributed by atoms with Gasteiger partial charge in [0, 0.05) is 6.92 Å². The number of fused-ring (bicyclic) bond motifs is 1. The third-order valence-electron chi connectivity index (χ3n) is 2.82. The van der Waals surface area contributed by atoms with Crippen LogP contribution < -0.4 is 10.3 Å². The maximum atomic E-state index is 12.3. The molecule has 0 bridgehead atoms. The van der Waals surface area contributed by atoms with Gasteiger partial charge in [-0.1, -0.05) is 47.7 Å². The molecule has 0 saturated carbocycles. The molecule has 0 radical (unpaired) electrons. The Balaban J connectivity index is 2.12. The second-order valence-corrected chi connectivity index (χ2v) is 5.21. The Morgan fingerprint density at radius 3 is 2.77 bits per heavy atom. The largest absolute Gasteiger partial charge is 0.418 e. The number of nitrogens with zero attached hydrogens (tertiary/aromatic N) is 3. The lowest BCUT2D eigenvalue weighted by Crippen LogP contribution is -2.21. The number of hydrogen-bond acceptors (Lipinski definition) is 6. The van der Waals surface area contributed by atoms with Gasteiger partial charge >= 0.3 is 11.5 Å². The van der Waals surface area contributed by atoms with Crippen LogP contribution in [0.3, 0.4) is 0 Å².